The number of hydrogen-bond donors (Lipinski definition) is 1. The van der Waals surface area contributed by atoms with Gasteiger partial charge < -0.3 is 28.5 Å². The lowest BCUT2D eigenvalue weighted by Gasteiger charge is -2.30. The number of quaternary nitrogens is 1. The van der Waals surface area contributed by atoms with Crippen LogP contribution >= 0.6 is 7.82 Å². The number of amides is 1. The van der Waals surface area contributed by atoms with Crippen LogP contribution < -0.4 is 10.2 Å². The van der Waals surface area contributed by atoms with E-state index in [0.29, 0.717) is 23.9 Å². The zero-order chi connectivity index (χ0) is 48.0. The summed E-state index contributed by atoms with van der Waals surface area (Å²) in [6, 6.07) is -0.895. The van der Waals surface area contributed by atoms with Gasteiger partial charge in [-0.05, 0) is 70.3 Å². The molecule has 0 heterocycles. The van der Waals surface area contributed by atoms with Gasteiger partial charge in [0.25, 0.3) is 7.82 Å². The SMILES string of the molecule is CCCCC/C=C\C/C=C\C/C=C\CCCCCCC(=O)NC(COP(=O)([O-])OCC[N+](C)(C)C)C(/C=C\CCCCCCCCCCC)OC(=O)CCCCCCCCCCCCC. The van der Waals surface area contributed by atoms with E-state index < -0.39 is 26.6 Å². The minimum absolute atomic E-state index is 0.0265. The maximum absolute atomic E-state index is 13.4. The molecule has 1 amide bonds. The van der Waals surface area contributed by atoms with E-state index in [2.05, 4.69) is 62.5 Å². The minimum atomic E-state index is -4.69. The van der Waals surface area contributed by atoms with Gasteiger partial charge in [-0.25, -0.2) is 0 Å². The average molecular weight is 935 g/mol. The molecule has 0 aliphatic rings. The van der Waals surface area contributed by atoms with Crippen LogP contribution in [-0.2, 0) is 27.9 Å². The summed E-state index contributed by atoms with van der Waals surface area (Å²) in [6.07, 6.45) is 53.6. The minimum Gasteiger partial charge on any atom is -0.756 e. The highest BCUT2D eigenvalue weighted by Crippen LogP contribution is 2.38. The van der Waals surface area contributed by atoms with Gasteiger partial charge in [-0.15, -0.1) is 0 Å². The number of likely N-dealkylation sites (N-methyl/N-ethyl adjacent to an activating group) is 1. The molecule has 1 N–H and O–H groups in total. The van der Waals surface area contributed by atoms with Crippen LogP contribution in [0.2, 0.25) is 0 Å². The lowest BCUT2D eigenvalue weighted by Crippen LogP contribution is -2.47. The number of nitrogens with zero attached hydrogens (tertiary/aromatic N) is 1. The Morgan fingerprint density at radius 2 is 0.938 bits per heavy atom. The molecule has 3 atom stereocenters. The number of carbonyl (C=O) groups excluding carboxylic acids is 2. The first-order chi connectivity index (χ1) is 31.4. The fourth-order valence-corrected chi connectivity index (χ4v) is 8.25. The predicted octanol–water partition coefficient (Wildman–Crippen LogP) is 15.1. The summed E-state index contributed by atoms with van der Waals surface area (Å²) in [5.74, 6) is -0.565. The van der Waals surface area contributed by atoms with Crippen molar-refractivity contribution < 1.29 is 37.3 Å². The van der Waals surface area contributed by atoms with E-state index in [1.165, 1.54) is 122 Å². The Morgan fingerprint density at radius 3 is 1.43 bits per heavy atom. The summed E-state index contributed by atoms with van der Waals surface area (Å²) in [4.78, 5) is 39.7. The largest absolute Gasteiger partial charge is 0.756 e. The van der Waals surface area contributed by atoms with Gasteiger partial charge in [0.2, 0.25) is 5.91 Å². The van der Waals surface area contributed by atoms with Gasteiger partial charge in [-0.3, -0.25) is 14.2 Å². The zero-order valence-corrected chi connectivity index (χ0v) is 44.1. The number of unbranched alkanes of at least 4 members (excludes halogenated alkanes) is 26. The molecule has 380 valence electrons. The summed E-state index contributed by atoms with van der Waals surface area (Å²) < 4.78 is 30.1. The third kappa shape index (κ3) is 46.9. The molecule has 0 saturated heterocycles. The van der Waals surface area contributed by atoms with Crippen LogP contribution in [0, 0.1) is 0 Å². The van der Waals surface area contributed by atoms with Crippen LogP contribution in [0.3, 0.4) is 0 Å². The third-order valence-electron chi connectivity index (χ3n) is 11.8. The molecule has 0 aromatic carbocycles. The Kier molecular flexibility index (Phi) is 44.3. The number of ether oxygens (including phenoxy) is 1. The Balaban J connectivity index is 5.40. The lowest BCUT2D eigenvalue weighted by molar-refractivity contribution is -0.870. The van der Waals surface area contributed by atoms with E-state index in [9.17, 15) is 19.0 Å². The maximum Gasteiger partial charge on any atom is 0.306 e. The molecule has 0 radical (unpaired) electrons. The summed E-state index contributed by atoms with van der Waals surface area (Å²) in [6.45, 7) is 6.77. The molecule has 0 saturated carbocycles. The van der Waals surface area contributed by atoms with Crippen molar-refractivity contribution in [2.75, 3.05) is 40.9 Å². The standard InChI is InChI=1S/C55H103N2O7P/c1-7-10-13-16-19-22-25-26-27-28-29-30-33-35-38-41-44-47-54(58)56-52(51-63-65(60,61)62-50-49-57(4,5)6)53(46-43-40-37-34-31-23-20-17-14-11-8-2)64-55(59)48-45-42-39-36-32-24-21-18-15-12-9-3/h19,22,26-27,29-30,43,46,52-53H,7-18,20-21,23-25,28,31-42,44-45,47-51H2,1-6H3,(H-,56,58,60,61)/b22-19-,27-26-,30-29-,46-43-. The van der Waals surface area contributed by atoms with Crippen molar-refractivity contribution in [1.29, 1.82) is 0 Å². The Morgan fingerprint density at radius 1 is 0.538 bits per heavy atom. The zero-order valence-electron chi connectivity index (χ0n) is 43.2. The maximum atomic E-state index is 13.4. The number of hydrogen-bond acceptors (Lipinski definition) is 7. The number of phosphoric ester groups is 1. The molecule has 0 spiro atoms. The van der Waals surface area contributed by atoms with Crippen molar-refractivity contribution in [3.63, 3.8) is 0 Å². The molecule has 0 aliphatic carbocycles. The molecule has 10 heteroatoms. The van der Waals surface area contributed by atoms with E-state index in [0.717, 1.165) is 77.0 Å². The molecule has 0 aromatic heterocycles. The normalized spacial score (nSPS) is 14.3. The summed E-state index contributed by atoms with van der Waals surface area (Å²) >= 11 is 0. The van der Waals surface area contributed by atoms with Gasteiger partial charge in [0.15, 0.2) is 0 Å². The average Bonchev–Trinajstić information content (AvgIpc) is 3.26. The molecular formula is C55H103N2O7P. The fraction of sp³-hybridized carbons (Fsp3) is 0.818. The second-order valence-electron chi connectivity index (χ2n) is 19.4. The summed E-state index contributed by atoms with van der Waals surface area (Å²) in [5.41, 5.74) is 0. The van der Waals surface area contributed by atoms with Crippen molar-refractivity contribution in [2.45, 2.75) is 251 Å². The summed E-state index contributed by atoms with van der Waals surface area (Å²) in [7, 11) is 1.17. The first-order valence-corrected chi connectivity index (χ1v) is 28.4. The van der Waals surface area contributed by atoms with Gasteiger partial charge in [-0.2, -0.15) is 0 Å². The van der Waals surface area contributed by atoms with Crippen LogP contribution in [0.15, 0.2) is 48.6 Å². The number of allylic oxidation sites excluding steroid dienone is 7. The highest BCUT2D eigenvalue weighted by atomic mass is 31.2. The van der Waals surface area contributed by atoms with Crippen molar-refractivity contribution in [3.05, 3.63) is 48.6 Å². The van der Waals surface area contributed by atoms with E-state index >= 15 is 0 Å². The van der Waals surface area contributed by atoms with Crippen LogP contribution in [0.4, 0.5) is 0 Å². The number of esters is 1. The van der Waals surface area contributed by atoms with Gasteiger partial charge in [0.1, 0.15) is 19.3 Å². The fourth-order valence-electron chi connectivity index (χ4n) is 7.53. The third-order valence-corrected chi connectivity index (χ3v) is 12.7. The number of nitrogens with one attached hydrogen (secondary N) is 1. The van der Waals surface area contributed by atoms with Crippen LogP contribution in [-0.4, -0.2) is 69.4 Å². The lowest BCUT2D eigenvalue weighted by atomic mass is 10.0. The van der Waals surface area contributed by atoms with Crippen molar-refractivity contribution in [3.8, 4) is 0 Å². The monoisotopic (exact) mass is 935 g/mol. The van der Waals surface area contributed by atoms with Gasteiger partial charge in [-0.1, -0.05) is 205 Å². The van der Waals surface area contributed by atoms with E-state index in [-0.39, 0.29) is 24.9 Å². The Labute approximate surface area is 401 Å². The van der Waals surface area contributed by atoms with Crippen molar-refractivity contribution >= 4 is 19.7 Å². The predicted molar refractivity (Wildman–Crippen MR) is 275 cm³/mol. The first-order valence-electron chi connectivity index (χ1n) is 26.9. The van der Waals surface area contributed by atoms with Crippen molar-refractivity contribution in [2.24, 2.45) is 0 Å². The molecular weight excluding hydrogens is 832 g/mol. The number of rotatable bonds is 48. The van der Waals surface area contributed by atoms with Crippen LogP contribution in [0.5, 0.6) is 0 Å². The van der Waals surface area contributed by atoms with Crippen LogP contribution in [0.1, 0.15) is 239 Å². The van der Waals surface area contributed by atoms with E-state index in [4.69, 9.17) is 13.8 Å². The number of carbonyl (C=O) groups is 2. The Hall–Kier alpha value is -2.03. The molecule has 0 rings (SSSR count). The summed E-state index contributed by atoms with van der Waals surface area (Å²) in [5, 5.41) is 3.00. The highest BCUT2D eigenvalue weighted by Gasteiger charge is 2.27. The van der Waals surface area contributed by atoms with Gasteiger partial charge in [0, 0.05) is 12.8 Å². The quantitative estimate of drug-likeness (QED) is 0.0212. The second kappa shape index (κ2) is 45.7. The smallest absolute Gasteiger partial charge is 0.306 e. The van der Waals surface area contributed by atoms with Gasteiger partial charge >= 0.3 is 5.97 Å². The van der Waals surface area contributed by atoms with Crippen molar-refractivity contribution in [1.82, 2.24) is 5.32 Å². The number of phosphoric acid groups is 1. The molecule has 0 bridgehead atoms. The van der Waals surface area contributed by atoms with E-state index in [1.54, 1.807) is 0 Å². The van der Waals surface area contributed by atoms with Crippen LogP contribution in [0.25, 0.3) is 0 Å². The topological polar surface area (TPSA) is 114 Å². The Bertz CT molecular complexity index is 1260. The molecule has 0 aromatic rings. The molecule has 65 heavy (non-hydrogen) atoms. The van der Waals surface area contributed by atoms with E-state index in [1.807, 2.05) is 33.3 Å². The van der Waals surface area contributed by atoms with Gasteiger partial charge in [0.05, 0.1) is 33.8 Å². The second-order valence-corrected chi connectivity index (χ2v) is 20.8. The molecule has 3 unspecified atom stereocenters. The molecule has 0 fully saturated rings. The molecule has 9 nitrogen and oxygen atoms in total. The molecule has 0 aliphatic heterocycles. The first kappa shape index (κ1) is 63.0. The highest BCUT2D eigenvalue weighted by molar-refractivity contribution is 7.45.